The molecular weight excluding hydrogens is 406 g/mol. The summed E-state index contributed by atoms with van der Waals surface area (Å²) in [6.07, 6.45) is 0.192. The number of anilines is 2. The molecule has 0 aliphatic carbocycles. The number of carboxylic acids is 1. The fraction of sp³-hybridized carbons (Fsp3) is 0.160. The number of carboxylic acid groups (broad SMARTS) is 1. The van der Waals surface area contributed by atoms with E-state index >= 15 is 0 Å². The van der Waals surface area contributed by atoms with Crippen LogP contribution in [-0.4, -0.2) is 30.5 Å². The second-order valence-corrected chi connectivity index (χ2v) is 7.34. The van der Waals surface area contributed by atoms with Crippen LogP contribution in [0.2, 0.25) is 0 Å². The molecule has 32 heavy (non-hydrogen) atoms. The molecule has 7 heteroatoms. The van der Waals surface area contributed by atoms with Crippen molar-refractivity contribution in [1.29, 1.82) is 0 Å². The fourth-order valence-electron chi connectivity index (χ4n) is 3.32. The Hall–Kier alpha value is -4.13. The Morgan fingerprint density at radius 3 is 2.19 bits per heavy atom. The number of carbonyl (C=O) groups excluding carboxylic acids is 3. The van der Waals surface area contributed by atoms with Crippen LogP contribution in [0.25, 0.3) is 0 Å². The monoisotopic (exact) mass is 430 g/mol. The lowest BCUT2D eigenvalue weighted by molar-refractivity contribution is -0.303. The van der Waals surface area contributed by atoms with Crippen LogP contribution in [-0.2, 0) is 16.0 Å². The molecule has 3 rings (SSSR count). The van der Waals surface area contributed by atoms with E-state index in [0.717, 1.165) is 16.0 Å². The van der Waals surface area contributed by atoms with Crippen molar-refractivity contribution < 1.29 is 19.5 Å². The maximum Gasteiger partial charge on any atom is 0.319 e. The molecule has 0 aliphatic heterocycles. The highest BCUT2D eigenvalue weighted by molar-refractivity contribution is 6.03. The highest BCUT2D eigenvalue weighted by Crippen LogP contribution is 2.16. The normalized spacial score (nSPS) is 11.3. The second-order valence-electron chi connectivity index (χ2n) is 7.34. The van der Waals surface area contributed by atoms with Gasteiger partial charge in [0.05, 0.1) is 12.5 Å². The standard InChI is InChI=1S/C25H25N3O4/c1-18-9-8-12-20(15-18)26-25(32)27-22(16-19-10-4-2-5-11-19)24(31)28(17-23(29)30)21-13-6-3-7-14-21/h2-15,22H,16-17H2,1H3,(H,29,30)(H2,26,27,32)/p-1. The molecule has 3 aromatic rings. The van der Waals surface area contributed by atoms with Crippen molar-refractivity contribution in [2.24, 2.45) is 0 Å². The van der Waals surface area contributed by atoms with Gasteiger partial charge in [-0.25, -0.2) is 4.79 Å². The summed E-state index contributed by atoms with van der Waals surface area (Å²) < 4.78 is 0. The first-order valence-electron chi connectivity index (χ1n) is 10.2. The van der Waals surface area contributed by atoms with Crippen LogP contribution in [0.15, 0.2) is 84.9 Å². The third kappa shape index (κ3) is 6.43. The van der Waals surface area contributed by atoms with Crippen LogP contribution in [0.5, 0.6) is 0 Å². The van der Waals surface area contributed by atoms with Crippen LogP contribution in [0.1, 0.15) is 11.1 Å². The van der Waals surface area contributed by atoms with Gasteiger partial charge < -0.3 is 25.4 Å². The SMILES string of the molecule is Cc1cccc(NC(=O)NC(Cc2ccccc2)C(=O)N(CC(=O)[O-])c2ccccc2)c1. The maximum absolute atomic E-state index is 13.4. The number of nitrogens with one attached hydrogen (secondary N) is 2. The van der Waals surface area contributed by atoms with Gasteiger partial charge in [-0.2, -0.15) is 0 Å². The molecular formula is C25H24N3O4-. The van der Waals surface area contributed by atoms with Crippen molar-refractivity contribution in [1.82, 2.24) is 5.32 Å². The van der Waals surface area contributed by atoms with E-state index in [0.29, 0.717) is 11.4 Å². The predicted molar refractivity (Wildman–Crippen MR) is 121 cm³/mol. The molecule has 1 atom stereocenters. The minimum absolute atomic E-state index is 0.192. The summed E-state index contributed by atoms with van der Waals surface area (Å²) in [7, 11) is 0. The number of carbonyl (C=O) groups is 3. The Kier molecular flexibility index (Phi) is 7.59. The van der Waals surface area contributed by atoms with Crippen LogP contribution in [0.3, 0.4) is 0 Å². The molecule has 164 valence electrons. The average molecular weight is 430 g/mol. The minimum Gasteiger partial charge on any atom is -0.548 e. The number of para-hydroxylation sites is 1. The molecule has 0 aliphatic rings. The van der Waals surface area contributed by atoms with Crippen molar-refractivity contribution in [3.05, 3.63) is 96.1 Å². The van der Waals surface area contributed by atoms with Gasteiger partial charge in [0.1, 0.15) is 6.04 Å². The number of rotatable bonds is 8. The van der Waals surface area contributed by atoms with E-state index in [1.807, 2.05) is 49.4 Å². The first-order chi connectivity index (χ1) is 15.4. The Bertz CT molecular complexity index is 1070. The Morgan fingerprint density at radius 1 is 0.906 bits per heavy atom. The van der Waals surface area contributed by atoms with E-state index in [9.17, 15) is 19.5 Å². The van der Waals surface area contributed by atoms with Crippen LogP contribution in [0.4, 0.5) is 16.2 Å². The van der Waals surface area contributed by atoms with Crippen molar-refractivity contribution in [3.63, 3.8) is 0 Å². The summed E-state index contributed by atoms with van der Waals surface area (Å²) in [5.74, 6) is -1.95. The van der Waals surface area contributed by atoms with E-state index in [1.54, 1.807) is 42.5 Å². The highest BCUT2D eigenvalue weighted by atomic mass is 16.4. The second kappa shape index (κ2) is 10.8. The fourth-order valence-corrected chi connectivity index (χ4v) is 3.32. The molecule has 0 saturated heterocycles. The molecule has 0 aromatic heterocycles. The maximum atomic E-state index is 13.4. The summed E-state index contributed by atoms with van der Waals surface area (Å²) in [5, 5.41) is 16.8. The van der Waals surface area contributed by atoms with Gasteiger partial charge >= 0.3 is 6.03 Å². The molecule has 1 unspecified atom stereocenters. The molecule has 0 heterocycles. The lowest BCUT2D eigenvalue weighted by Crippen LogP contribution is -2.53. The van der Waals surface area contributed by atoms with Gasteiger partial charge in [0, 0.05) is 17.8 Å². The van der Waals surface area contributed by atoms with E-state index < -0.39 is 30.5 Å². The average Bonchev–Trinajstić information content (AvgIpc) is 2.78. The van der Waals surface area contributed by atoms with E-state index in [1.165, 1.54) is 0 Å². The van der Waals surface area contributed by atoms with Gasteiger partial charge in [0.25, 0.3) is 0 Å². The molecule has 0 spiro atoms. The highest BCUT2D eigenvalue weighted by Gasteiger charge is 2.27. The largest absolute Gasteiger partial charge is 0.548 e. The molecule has 2 N–H and O–H groups in total. The number of nitrogens with zero attached hydrogens (tertiary/aromatic N) is 1. The summed E-state index contributed by atoms with van der Waals surface area (Å²) in [5.41, 5.74) is 2.79. The molecule has 3 aromatic carbocycles. The smallest absolute Gasteiger partial charge is 0.319 e. The molecule has 0 radical (unpaired) electrons. The predicted octanol–water partition coefficient (Wildman–Crippen LogP) is 2.51. The van der Waals surface area contributed by atoms with E-state index in [2.05, 4.69) is 10.6 Å². The van der Waals surface area contributed by atoms with Crippen molar-refractivity contribution in [2.45, 2.75) is 19.4 Å². The van der Waals surface area contributed by atoms with Gasteiger partial charge in [0.2, 0.25) is 5.91 Å². The molecule has 3 amide bonds. The lowest BCUT2D eigenvalue weighted by Gasteiger charge is -2.28. The van der Waals surface area contributed by atoms with E-state index in [-0.39, 0.29) is 6.42 Å². The Labute approximate surface area is 186 Å². The van der Waals surface area contributed by atoms with Crippen molar-refractivity contribution in [2.75, 3.05) is 16.8 Å². The first kappa shape index (κ1) is 22.6. The summed E-state index contributed by atoms with van der Waals surface area (Å²) >= 11 is 0. The third-order valence-electron chi connectivity index (χ3n) is 4.78. The number of benzene rings is 3. The van der Waals surface area contributed by atoms with Crippen LogP contribution < -0.4 is 20.6 Å². The topological polar surface area (TPSA) is 102 Å². The lowest BCUT2D eigenvalue weighted by atomic mass is 10.0. The number of amides is 3. The number of hydrogen-bond acceptors (Lipinski definition) is 4. The molecule has 0 fully saturated rings. The van der Waals surface area contributed by atoms with Crippen LogP contribution in [0, 0.1) is 6.92 Å². The number of aliphatic carboxylic acids is 1. The number of aryl methyl sites for hydroxylation is 1. The first-order valence-corrected chi connectivity index (χ1v) is 10.2. The zero-order valence-electron chi connectivity index (χ0n) is 17.7. The zero-order chi connectivity index (χ0) is 22.9. The van der Waals surface area contributed by atoms with Gasteiger partial charge in [-0.3, -0.25) is 4.79 Å². The summed E-state index contributed by atoms with van der Waals surface area (Å²) in [6.45, 7) is 1.28. The van der Waals surface area contributed by atoms with Gasteiger partial charge in [-0.05, 0) is 42.3 Å². The zero-order valence-corrected chi connectivity index (χ0v) is 17.7. The Balaban J connectivity index is 1.85. The third-order valence-corrected chi connectivity index (χ3v) is 4.78. The quantitative estimate of drug-likeness (QED) is 0.573. The molecule has 0 saturated carbocycles. The molecule has 7 nitrogen and oxygen atoms in total. The van der Waals surface area contributed by atoms with Crippen LogP contribution >= 0.6 is 0 Å². The Morgan fingerprint density at radius 2 is 1.56 bits per heavy atom. The van der Waals surface area contributed by atoms with Gasteiger partial charge in [-0.15, -0.1) is 0 Å². The van der Waals surface area contributed by atoms with E-state index in [4.69, 9.17) is 0 Å². The summed E-state index contributed by atoms with van der Waals surface area (Å²) in [6, 6.07) is 23.3. The van der Waals surface area contributed by atoms with Gasteiger partial charge in [0.15, 0.2) is 0 Å². The summed E-state index contributed by atoms with van der Waals surface area (Å²) in [4.78, 5) is 38.6. The molecule has 0 bridgehead atoms. The number of hydrogen-bond donors (Lipinski definition) is 2. The van der Waals surface area contributed by atoms with Crippen molar-refractivity contribution >= 4 is 29.3 Å². The number of urea groups is 1. The van der Waals surface area contributed by atoms with Gasteiger partial charge in [-0.1, -0.05) is 60.7 Å². The van der Waals surface area contributed by atoms with Crippen molar-refractivity contribution in [3.8, 4) is 0 Å². The minimum atomic E-state index is -1.40.